The number of esters is 2. The largest absolute Gasteiger partial charge is 0.472 e. The molecule has 0 spiro atoms. The average molecular weight is 885 g/mol. The highest BCUT2D eigenvalue weighted by molar-refractivity contribution is 7.47. The number of hydrogen-bond acceptors (Lipinski definition) is 12. The van der Waals surface area contributed by atoms with Crippen molar-refractivity contribution in [3.63, 3.8) is 0 Å². The zero-order valence-corrected chi connectivity index (χ0v) is 38.1. The molecule has 0 aromatic rings. The van der Waals surface area contributed by atoms with Crippen molar-refractivity contribution in [3.8, 4) is 0 Å². The standard InChI is InChI=1S/C47H81O13P/c1-3-5-7-9-11-13-15-17-18-19-20-21-22-24-26-28-30-32-34-36-41(49)59-39(38-58-61(55,56)60-47-45(53)43(51)42(50)44(52)46(47)54)37-57-40(48)35-33-31-29-27-25-23-16-14-12-10-8-6-4-2/h8,10-11,13-14,16-18,20-21,39,42-47,50-54H,3-7,9,12,15,19,22-38H2,1-2H3,(H,55,56)/b10-8-,13-11-,16-14-,18-17-,21-20-. The molecule has 14 heteroatoms. The van der Waals surface area contributed by atoms with E-state index in [1.54, 1.807) is 0 Å². The molecule has 0 saturated heterocycles. The molecule has 0 bridgehead atoms. The molecule has 1 fully saturated rings. The monoisotopic (exact) mass is 885 g/mol. The van der Waals surface area contributed by atoms with Gasteiger partial charge in [0.05, 0.1) is 6.61 Å². The van der Waals surface area contributed by atoms with Gasteiger partial charge in [0.25, 0.3) is 0 Å². The molecule has 0 aliphatic heterocycles. The number of aliphatic hydroxyl groups excluding tert-OH is 5. The Morgan fingerprint density at radius 3 is 1.41 bits per heavy atom. The van der Waals surface area contributed by atoms with E-state index >= 15 is 0 Å². The molecule has 1 aliphatic carbocycles. The number of ether oxygens (including phenoxy) is 2. The van der Waals surface area contributed by atoms with E-state index in [4.69, 9.17) is 18.5 Å². The maximum atomic E-state index is 12.8. The highest BCUT2D eigenvalue weighted by Crippen LogP contribution is 2.47. The van der Waals surface area contributed by atoms with Crippen molar-refractivity contribution >= 4 is 19.8 Å². The predicted octanol–water partition coefficient (Wildman–Crippen LogP) is 8.94. The summed E-state index contributed by atoms with van der Waals surface area (Å²) < 4.78 is 33.5. The van der Waals surface area contributed by atoms with Crippen molar-refractivity contribution in [2.45, 2.75) is 211 Å². The minimum Gasteiger partial charge on any atom is -0.462 e. The summed E-state index contributed by atoms with van der Waals surface area (Å²) in [6, 6.07) is 0. The molecule has 6 unspecified atom stereocenters. The van der Waals surface area contributed by atoms with Gasteiger partial charge in [-0.15, -0.1) is 0 Å². The lowest BCUT2D eigenvalue weighted by Crippen LogP contribution is -2.64. The van der Waals surface area contributed by atoms with Crippen molar-refractivity contribution < 1.29 is 63.1 Å². The third-order valence-electron chi connectivity index (χ3n) is 10.3. The van der Waals surface area contributed by atoms with Crippen LogP contribution in [0.15, 0.2) is 60.8 Å². The van der Waals surface area contributed by atoms with Crippen LogP contribution in [0.3, 0.4) is 0 Å². The first-order valence-corrected chi connectivity index (χ1v) is 24.6. The number of allylic oxidation sites excluding steroid dienone is 10. The van der Waals surface area contributed by atoms with Crippen LogP contribution < -0.4 is 0 Å². The molecule has 0 aromatic heterocycles. The van der Waals surface area contributed by atoms with Crippen LogP contribution in [0.2, 0.25) is 0 Å². The normalized spacial score (nSPS) is 22.6. The molecular weight excluding hydrogens is 803 g/mol. The zero-order valence-electron chi connectivity index (χ0n) is 37.2. The van der Waals surface area contributed by atoms with Gasteiger partial charge in [-0.05, 0) is 77.0 Å². The fraction of sp³-hybridized carbons (Fsp3) is 0.745. The fourth-order valence-electron chi connectivity index (χ4n) is 6.57. The van der Waals surface area contributed by atoms with E-state index < -0.39 is 75.7 Å². The second kappa shape index (κ2) is 37.0. The van der Waals surface area contributed by atoms with E-state index in [9.17, 15) is 44.6 Å². The zero-order chi connectivity index (χ0) is 45.0. The molecule has 352 valence electrons. The number of rotatable bonds is 37. The van der Waals surface area contributed by atoms with Crippen molar-refractivity contribution in [2.75, 3.05) is 13.2 Å². The van der Waals surface area contributed by atoms with Crippen LogP contribution in [0.4, 0.5) is 0 Å². The Hall–Kier alpha value is -2.45. The topological polar surface area (TPSA) is 210 Å². The van der Waals surface area contributed by atoms with Gasteiger partial charge < -0.3 is 39.9 Å². The summed E-state index contributed by atoms with van der Waals surface area (Å²) in [5, 5.41) is 50.1. The highest BCUT2D eigenvalue weighted by Gasteiger charge is 2.51. The van der Waals surface area contributed by atoms with Crippen molar-refractivity contribution in [3.05, 3.63) is 60.8 Å². The lowest BCUT2D eigenvalue weighted by molar-refractivity contribution is -0.220. The molecular formula is C47H81O13P. The lowest BCUT2D eigenvalue weighted by Gasteiger charge is -2.41. The van der Waals surface area contributed by atoms with Crippen molar-refractivity contribution in [1.29, 1.82) is 0 Å². The summed E-state index contributed by atoms with van der Waals surface area (Å²) >= 11 is 0. The summed E-state index contributed by atoms with van der Waals surface area (Å²) in [5.74, 6) is -1.14. The van der Waals surface area contributed by atoms with Gasteiger partial charge in [-0.25, -0.2) is 4.57 Å². The minimum atomic E-state index is -5.13. The van der Waals surface area contributed by atoms with Gasteiger partial charge in [0, 0.05) is 12.8 Å². The number of hydrogen-bond donors (Lipinski definition) is 6. The Kier molecular flexibility index (Phi) is 34.3. The summed E-state index contributed by atoms with van der Waals surface area (Å²) in [4.78, 5) is 35.7. The van der Waals surface area contributed by atoms with E-state index in [2.05, 4.69) is 74.6 Å². The predicted molar refractivity (Wildman–Crippen MR) is 239 cm³/mol. The second-order valence-corrected chi connectivity index (χ2v) is 17.3. The summed E-state index contributed by atoms with van der Waals surface area (Å²) in [6.07, 6.45) is 31.3. The van der Waals surface area contributed by atoms with Gasteiger partial charge in [0.2, 0.25) is 0 Å². The number of phosphoric acid groups is 1. The Balaban J connectivity index is 2.47. The van der Waals surface area contributed by atoms with Crippen LogP contribution >= 0.6 is 7.82 Å². The average Bonchev–Trinajstić information content (AvgIpc) is 3.24. The third kappa shape index (κ3) is 29.5. The van der Waals surface area contributed by atoms with E-state index in [0.29, 0.717) is 12.8 Å². The van der Waals surface area contributed by atoms with E-state index in [1.807, 2.05) is 0 Å². The van der Waals surface area contributed by atoms with Gasteiger partial charge >= 0.3 is 19.8 Å². The molecule has 1 saturated carbocycles. The van der Waals surface area contributed by atoms with Crippen LogP contribution in [-0.4, -0.2) is 98.3 Å². The molecule has 0 amide bonds. The van der Waals surface area contributed by atoms with Crippen molar-refractivity contribution in [2.24, 2.45) is 0 Å². The van der Waals surface area contributed by atoms with Crippen LogP contribution in [-0.2, 0) is 32.7 Å². The quantitative estimate of drug-likeness (QED) is 0.0149. The van der Waals surface area contributed by atoms with Crippen LogP contribution in [0, 0.1) is 0 Å². The molecule has 1 aliphatic rings. The first-order chi connectivity index (χ1) is 29.4. The molecule has 6 atom stereocenters. The van der Waals surface area contributed by atoms with Crippen LogP contribution in [0.25, 0.3) is 0 Å². The summed E-state index contributed by atoms with van der Waals surface area (Å²) in [7, 11) is -5.13. The van der Waals surface area contributed by atoms with Crippen LogP contribution in [0.5, 0.6) is 0 Å². The highest BCUT2D eigenvalue weighted by atomic mass is 31.2. The molecule has 0 aromatic carbocycles. The SMILES string of the molecule is CCC/C=C\C/C=C\CCCCCCCC(=O)OCC(COP(=O)(O)OC1C(O)C(O)C(O)C(O)C1O)OC(=O)CCCCCCCC/C=C\C/C=C\C/C=C\CCCCC. The molecule has 13 nitrogen and oxygen atoms in total. The number of unbranched alkanes of at least 4 members (excludes halogenated alkanes) is 15. The first-order valence-electron chi connectivity index (χ1n) is 23.1. The number of carbonyl (C=O) groups is 2. The molecule has 1 rings (SSSR count). The Bertz CT molecular complexity index is 1300. The first kappa shape index (κ1) is 56.6. The summed E-state index contributed by atoms with van der Waals surface area (Å²) in [6.45, 7) is 3.17. The lowest BCUT2D eigenvalue weighted by atomic mass is 9.85. The molecule has 61 heavy (non-hydrogen) atoms. The third-order valence-corrected chi connectivity index (χ3v) is 11.3. The number of carbonyl (C=O) groups excluding carboxylic acids is 2. The van der Waals surface area contributed by atoms with E-state index in [-0.39, 0.29) is 12.8 Å². The maximum absolute atomic E-state index is 12.8. The van der Waals surface area contributed by atoms with E-state index in [1.165, 1.54) is 19.3 Å². The smallest absolute Gasteiger partial charge is 0.462 e. The Labute approximate surface area is 366 Å². The number of phosphoric ester groups is 1. The molecule has 0 heterocycles. The molecule has 0 radical (unpaired) electrons. The van der Waals surface area contributed by atoms with Crippen molar-refractivity contribution in [1.82, 2.24) is 0 Å². The Morgan fingerprint density at radius 1 is 0.508 bits per heavy atom. The van der Waals surface area contributed by atoms with Gasteiger partial charge in [0.15, 0.2) is 6.10 Å². The summed E-state index contributed by atoms with van der Waals surface area (Å²) in [5.41, 5.74) is 0. The van der Waals surface area contributed by atoms with Crippen LogP contribution in [0.1, 0.15) is 168 Å². The minimum absolute atomic E-state index is 0.0764. The second-order valence-electron chi connectivity index (χ2n) is 15.9. The van der Waals surface area contributed by atoms with Gasteiger partial charge in [0.1, 0.15) is 43.2 Å². The van der Waals surface area contributed by atoms with E-state index in [0.717, 1.165) is 109 Å². The number of aliphatic hydroxyl groups is 5. The van der Waals surface area contributed by atoms with Gasteiger partial charge in [-0.2, -0.15) is 0 Å². The van der Waals surface area contributed by atoms with Gasteiger partial charge in [-0.3, -0.25) is 18.6 Å². The Morgan fingerprint density at radius 2 is 0.918 bits per heavy atom. The maximum Gasteiger partial charge on any atom is 0.472 e. The fourth-order valence-corrected chi connectivity index (χ4v) is 7.54. The molecule has 6 N–H and O–H groups in total. The van der Waals surface area contributed by atoms with Gasteiger partial charge in [-0.1, -0.05) is 139 Å².